The minimum absolute atomic E-state index is 0.716. The molecule has 1 aliphatic rings. The Morgan fingerprint density at radius 1 is 1.00 bits per heavy atom. The van der Waals surface area contributed by atoms with Gasteiger partial charge in [0.2, 0.25) is 6.41 Å². The van der Waals surface area contributed by atoms with E-state index in [1.807, 2.05) is 32.3 Å². The van der Waals surface area contributed by atoms with Gasteiger partial charge in [0.15, 0.2) is 5.82 Å². The highest BCUT2D eigenvalue weighted by atomic mass is 16.1. The summed E-state index contributed by atoms with van der Waals surface area (Å²) in [6.45, 7) is 3.49. The molecule has 0 atom stereocenters. The van der Waals surface area contributed by atoms with Crippen molar-refractivity contribution in [3.8, 4) is 11.3 Å². The average Bonchev–Trinajstić information content (AvgIpc) is 3.18. The number of carbonyl (C=O) groups is 1. The molecule has 0 aliphatic carbocycles. The van der Waals surface area contributed by atoms with Gasteiger partial charge in [-0.05, 0) is 24.3 Å². The number of carbonyl (C=O) groups excluding carboxylic acids is 1. The number of hydrogen-bond donors (Lipinski definition) is 2. The maximum atomic E-state index is 11.3. The summed E-state index contributed by atoms with van der Waals surface area (Å²) in [5, 5.41) is 10.6. The Morgan fingerprint density at radius 2 is 1.72 bits per heavy atom. The summed E-state index contributed by atoms with van der Waals surface area (Å²) in [5.74, 6) is 0.787. The number of amides is 1. The van der Waals surface area contributed by atoms with Crippen molar-refractivity contribution in [2.75, 3.05) is 60.3 Å². The van der Waals surface area contributed by atoms with E-state index in [-0.39, 0.29) is 0 Å². The van der Waals surface area contributed by atoms with Crippen molar-refractivity contribution in [2.24, 2.45) is 0 Å². The second-order valence-electron chi connectivity index (χ2n) is 7.31. The molecule has 4 rings (SSSR count). The largest absolute Gasteiger partial charge is 0.378 e. The third kappa shape index (κ3) is 3.89. The van der Waals surface area contributed by atoms with Crippen molar-refractivity contribution in [1.82, 2.24) is 10.2 Å². The quantitative estimate of drug-likeness (QED) is 0.634. The molecule has 2 aromatic carbocycles. The minimum Gasteiger partial charge on any atom is -0.378 e. The molecule has 0 radical (unpaired) electrons. The monoisotopic (exact) mass is 390 g/mol. The third-order valence-electron chi connectivity index (χ3n) is 5.30. The van der Waals surface area contributed by atoms with Gasteiger partial charge in [-0.15, -0.1) is 0 Å². The van der Waals surface area contributed by atoms with Crippen LogP contribution < -0.4 is 20.0 Å². The molecule has 7 nitrogen and oxygen atoms in total. The van der Waals surface area contributed by atoms with E-state index < -0.39 is 0 Å². The molecule has 1 aromatic heterocycles. The predicted molar refractivity (Wildman–Crippen MR) is 119 cm³/mol. The Morgan fingerprint density at radius 3 is 2.41 bits per heavy atom. The number of aromatic nitrogens is 2. The van der Waals surface area contributed by atoms with E-state index in [0.717, 1.165) is 54.6 Å². The standard InChI is InChI=1S/C22H26N6O/c1-26(2)19-10-6-7-17(15-19)20-21(23-16-29)22(25-24-20)28-13-11-27(12-14-28)18-8-4-3-5-9-18/h3-10,15-16H,11-14H2,1-2H3,(H,23,29)(H,24,25). The molecule has 1 fully saturated rings. The first-order valence-electron chi connectivity index (χ1n) is 9.78. The maximum absolute atomic E-state index is 11.3. The molecule has 29 heavy (non-hydrogen) atoms. The van der Waals surface area contributed by atoms with Crippen LogP contribution in [0.4, 0.5) is 22.9 Å². The van der Waals surface area contributed by atoms with Crippen LogP contribution in [0.15, 0.2) is 54.6 Å². The SMILES string of the molecule is CN(C)c1cccc(-c2[nH]nc(N3CCN(c4ccccc4)CC3)c2NC=O)c1. The van der Waals surface area contributed by atoms with E-state index in [2.05, 4.69) is 66.6 Å². The zero-order valence-electron chi connectivity index (χ0n) is 16.8. The van der Waals surface area contributed by atoms with Crippen molar-refractivity contribution in [3.63, 3.8) is 0 Å². The molecule has 150 valence electrons. The molecular weight excluding hydrogens is 364 g/mol. The smallest absolute Gasteiger partial charge is 0.211 e. The molecule has 0 saturated carbocycles. The topological polar surface area (TPSA) is 67.5 Å². The Bertz CT molecular complexity index is 960. The van der Waals surface area contributed by atoms with Crippen LogP contribution in [-0.4, -0.2) is 56.9 Å². The summed E-state index contributed by atoms with van der Waals surface area (Å²) >= 11 is 0. The number of H-pyrrole nitrogens is 1. The molecule has 1 aliphatic heterocycles. The number of piperazine rings is 1. The molecule has 0 unspecified atom stereocenters. The fraction of sp³-hybridized carbons (Fsp3) is 0.273. The second-order valence-corrected chi connectivity index (χ2v) is 7.31. The van der Waals surface area contributed by atoms with Crippen molar-refractivity contribution in [2.45, 2.75) is 0 Å². The fourth-order valence-corrected chi connectivity index (χ4v) is 3.72. The van der Waals surface area contributed by atoms with Crippen LogP contribution in [0.1, 0.15) is 0 Å². The number of benzene rings is 2. The number of nitrogens with one attached hydrogen (secondary N) is 2. The number of rotatable bonds is 6. The summed E-state index contributed by atoms with van der Waals surface area (Å²) in [5.41, 5.74) is 4.86. The van der Waals surface area contributed by atoms with Crippen LogP contribution >= 0.6 is 0 Å². The average molecular weight is 390 g/mol. The molecule has 3 aromatic rings. The molecule has 2 heterocycles. The van der Waals surface area contributed by atoms with Crippen LogP contribution in [0.5, 0.6) is 0 Å². The Hall–Kier alpha value is -3.48. The van der Waals surface area contributed by atoms with E-state index in [9.17, 15) is 4.79 Å². The lowest BCUT2D eigenvalue weighted by atomic mass is 10.1. The molecule has 1 amide bonds. The van der Waals surface area contributed by atoms with Gasteiger partial charge in [0.1, 0.15) is 5.69 Å². The van der Waals surface area contributed by atoms with Gasteiger partial charge in [-0.1, -0.05) is 30.3 Å². The number of aromatic amines is 1. The molecule has 0 spiro atoms. The van der Waals surface area contributed by atoms with E-state index in [4.69, 9.17) is 0 Å². The highest BCUT2D eigenvalue weighted by molar-refractivity contribution is 5.91. The first-order valence-corrected chi connectivity index (χ1v) is 9.78. The first kappa shape index (κ1) is 18.9. The second kappa shape index (κ2) is 8.26. The molecular formula is C22H26N6O. The van der Waals surface area contributed by atoms with Crippen LogP contribution in [0.2, 0.25) is 0 Å². The van der Waals surface area contributed by atoms with Crippen LogP contribution in [0, 0.1) is 0 Å². The maximum Gasteiger partial charge on any atom is 0.211 e. The number of para-hydroxylation sites is 1. The number of hydrogen-bond acceptors (Lipinski definition) is 5. The van der Waals surface area contributed by atoms with Gasteiger partial charge in [-0.25, -0.2) is 0 Å². The van der Waals surface area contributed by atoms with E-state index >= 15 is 0 Å². The van der Waals surface area contributed by atoms with E-state index in [0.29, 0.717) is 6.41 Å². The lowest BCUT2D eigenvalue weighted by molar-refractivity contribution is -0.105. The minimum atomic E-state index is 0.716. The lowest BCUT2D eigenvalue weighted by Crippen LogP contribution is -2.46. The van der Waals surface area contributed by atoms with Gasteiger partial charge in [-0.2, -0.15) is 5.10 Å². The third-order valence-corrected chi connectivity index (χ3v) is 5.30. The molecule has 0 bridgehead atoms. The summed E-state index contributed by atoms with van der Waals surface area (Å²) in [4.78, 5) is 18.0. The highest BCUT2D eigenvalue weighted by Crippen LogP contribution is 2.35. The Labute approximate surface area is 170 Å². The van der Waals surface area contributed by atoms with Crippen LogP contribution in [0.25, 0.3) is 11.3 Å². The van der Waals surface area contributed by atoms with Crippen molar-refractivity contribution < 1.29 is 4.79 Å². The van der Waals surface area contributed by atoms with Gasteiger partial charge >= 0.3 is 0 Å². The van der Waals surface area contributed by atoms with Gasteiger partial charge in [0, 0.05) is 57.2 Å². The fourth-order valence-electron chi connectivity index (χ4n) is 3.72. The summed E-state index contributed by atoms with van der Waals surface area (Å²) in [7, 11) is 4.02. The van der Waals surface area contributed by atoms with Crippen molar-refractivity contribution in [1.29, 1.82) is 0 Å². The Balaban J connectivity index is 1.58. The summed E-state index contributed by atoms with van der Waals surface area (Å²) in [6.07, 6.45) is 0.716. The van der Waals surface area contributed by atoms with Crippen molar-refractivity contribution >= 4 is 29.3 Å². The normalized spacial score (nSPS) is 14.0. The van der Waals surface area contributed by atoms with Crippen molar-refractivity contribution in [3.05, 3.63) is 54.6 Å². The predicted octanol–water partition coefficient (Wildman–Crippen LogP) is 3.04. The molecule has 2 N–H and O–H groups in total. The first-order chi connectivity index (χ1) is 14.2. The van der Waals surface area contributed by atoms with Gasteiger partial charge in [0.25, 0.3) is 0 Å². The van der Waals surface area contributed by atoms with Gasteiger partial charge < -0.3 is 20.0 Å². The van der Waals surface area contributed by atoms with Gasteiger partial charge in [-0.3, -0.25) is 9.89 Å². The summed E-state index contributed by atoms with van der Waals surface area (Å²) < 4.78 is 0. The molecule has 7 heteroatoms. The van der Waals surface area contributed by atoms with E-state index in [1.54, 1.807) is 0 Å². The zero-order chi connectivity index (χ0) is 20.2. The van der Waals surface area contributed by atoms with Gasteiger partial charge in [0.05, 0.1) is 5.69 Å². The zero-order valence-corrected chi connectivity index (χ0v) is 16.8. The van der Waals surface area contributed by atoms with Crippen LogP contribution in [-0.2, 0) is 4.79 Å². The number of anilines is 4. The molecule has 1 saturated heterocycles. The van der Waals surface area contributed by atoms with E-state index in [1.165, 1.54) is 5.69 Å². The van der Waals surface area contributed by atoms with Crippen LogP contribution in [0.3, 0.4) is 0 Å². The number of nitrogens with zero attached hydrogens (tertiary/aromatic N) is 4. The Kier molecular flexibility index (Phi) is 5.37. The lowest BCUT2D eigenvalue weighted by Gasteiger charge is -2.36. The summed E-state index contributed by atoms with van der Waals surface area (Å²) in [6, 6.07) is 18.6. The highest BCUT2D eigenvalue weighted by Gasteiger charge is 2.24.